The molecular formula is C79H154O17P2. The number of phosphoric ester groups is 2. The quantitative estimate of drug-likeness (QED) is 0.0222. The first-order chi connectivity index (χ1) is 47.4. The van der Waals surface area contributed by atoms with Crippen LogP contribution in [0.2, 0.25) is 0 Å². The molecule has 0 fully saturated rings. The summed E-state index contributed by atoms with van der Waals surface area (Å²) in [6.07, 6.45) is 59.8. The minimum Gasteiger partial charge on any atom is -0.462 e. The van der Waals surface area contributed by atoms with Crippen LogP contribution in [0.3, 0.4) is 0 Å². The lowest BCUT2D eigenvalue weighted by Gasteiger charge is -2.21. The Balaban J connectivity index is 5.18. The first kappa shape index (κ1) is 96.1. The Morgan fingerprint density at radius 1 is 0.276 bits per heavy atom. The normalized spacial score (nSPS) is 13.9. The molecule has 0 spiro atoms. The molecule has 582 valence electrons. The Hall–Kier alpha value is -1.94. The number of esters is 4. The molecule has 0 rings (SSSR count). The van der Waals surface area contributed by atoms with Gasteiger partial charge in [0.15, 0.2) is 12.2 Å². The highest BCUT2D eigenvalue weighted by atomic mass is 31.2. The molecule has 5 atom stereocenters. The summed E-state index contributed by atoms with van der Waals surface area (Å²) in [5.41, 5.74) is 0. The molecule has 0 aliphatic rings. The van der Waals surface area contributed by atoms with Crippen molar-refractivity contribution in [3.05, 3.63) is 0 Å². The molecule has 98 heavy (non-hydrogen) atoms. The molecule has 0 radical (unpaired) electrons. The van der Waals surface area contributed by atoms with Crippen LogP contribution in [0.4, 0.5) is 0 Å². The predicted molar refractivity (Wildman–Crippen MR) is 400 cm³/mol. The predicted octanol–water partition coefficient (Wildman–Crippen LogP) is 23.5. The van der Waals surface area contributed by atoms with E-state index in [4.69, 9.17) is 37.0 Å². The van der Waals surface area contributed by atoms with Gasteiger partial charge in [-0.25, -0.2) is 9.13 Å². The lowest BCUT2D eigenvalue weighted by Crippen LogP contribution is -2.30. The SMILES string of the molecule is CCCCCCCCCCCCCCCCCCCCCC(=O)O[C@H](COC(=O)CCCCCCCCCCCCCCCC(C)C)COP(=O)(O)OC[C@@H](O)COP(=O)(O)OC[C@@H](COC(=O)CCCCCCCCC)OC(=O)CCCCCCCCCCCCCCCC(C)C. The number of carbonyl (C=O) groups is 4. The molecule has 0 heterocycles. The van der Waals surface area contributed by atoms with Crippen molar-refractivity contribution in [3.63, 3.8) is 0 Å². The molecule has 0 aliphatic heterocycles. The van der Waals surface area contributed by atoms with Gasteiger partial charge >= 0.3 is 39.5 Å². The third kappa shape index (κ3) is 72.4. The first-order valence-corrected chi connectivity index (χ1v) is 44.0. The fourth-order valence-electron chi connectivity index (χ4n) is 12.2. The number of ether oxygens (including phenoxy) is 4. The van der Waals surface area contributed by atoms with Crippen molar-refractivity contribution in [1.29, 1.82) is 0 Å². The average molecular weight is 1440 g/mol. The van der Waals surface area contributed by atoms with Crippen LogP contribution in [0.5, 0.6) is 0 Å². The van der Waals surface area contributed by atoms with E-state index < -0.39 is 97.5 Å². The number of aliphatic hydroxyl groups is 1. The van der Waals surface area contributed by atoms with Gasteiger partial charge in [0.1, 0.15) is 19.3 Å². The number of hydrogen-bond acceptors (Lipinski definition) is 15. The summed E-state index contributed by atoms with van der Waals surface area (Å²) in [6, 6.07) is 0. The Kier molecular flexibility index (Phi) is 69.3. The Labute approximate surface area is 600 Å². The maximum Gasteiger partial charge on any atom is 0.472 e. The molecule has 0 bridgehead atoms. The van der Waals surface area contributed by atoms with Crippen molar-refractivity contribution in [1.82, 2.24) is 0 Å². The van der Waals surface area contributed by atoms with E-state index in [1.807, 2.05) is 0 Å². The smallest absolute Gasteiger partial charge is 0.462 e. The summed E-state index contributed by atoms with van der Waals surface area (Å²) >= 11 is 0. The van der Waals surface area contributed by atoms with E-state index in [0.717, 1.165) is 115 Å². The second-order valence-corrected chi connectivity index (χ2v) is 32.3. The van der Waals surface area contributed by atoms with Gasteiger partial charge in [-0.1, -0.05) is 363 Å². The minimum absolute atomic E-state index is 0.107. The summed E-state index contributed by atoms with van der Waals surface area (Å²) in [4.78, 5) is 72.8. The van der Waals surface area contributed by atoms with Crippen LogP contribution in [0.25, 0.3) is 0 Å². The van der Waals surface area contributed by atoms with Gasteiger partial charge in [0.05, 0.1) is 26.4 Å². The highest BCUT2D eigenvalue weighted by Gasteiger charge is 2.30. The van der Waals surface area contributed by atoms with Crippen molar-refractivity contribution in [2.75, 3.05) is 39.6 Å². The lowest BCUT2D eigenvalue weighted by atomic mass is 10.0. The Morgan fingerprint density at radius 3 is 0.694 bits per heavy atom. The van der Waals surface area contributed by atoms with Crippen molar-refractivity contribution < 1.29 is 80.2 Å². The number of rotatable bonds is 78. The summed E-state index contributed by atoms with van der Waals surface area (Å²) in [5.74, 6) is -0.537. The third-order valence-corrected chi connectivity index (χ3v) is 20.4. The maximum absolute atomic E-state index is 13.1. The molecule has 0 saturated carbocycles. The van der Waals surface area contributed by atoms with Crippen LogP contribution in [-0.2, 0) is 65.4 Å². The highest BCUT2D eigenvalue weighted by Crippen LogP contribution is 2.45. The summed E-state index contributed by atoms with van der Waals surface area (Å²) in [6.45, 7) is 9.62. The molecule has 17 nitrogen and oxygen atoms in total. The fraction of sp³-hybridized carbons (Fsp3) is 0.949. The largest absolute Gasteiger partial charge is 0.472 e. The zero-order chi connectivity index (χ0) is 72.1. The van der Waals surface area contributed by atoms with E-state index >= 15 is 0 Å². The molecule has 0 amide bonds. The van der Waals surface area contributed by atoms with Crippen molar-refractivity contribution >= 4 is 39.5 Å². The molecule has 2 unspecified atom stereocenters. The van der Waals surface area contributed by atoms with Crippen LogP contribution >= 0.6 is 15.6 Å². The van der Waals surface area contributed by atoms with Gasteiger partial charge in [-0.3, -0.25) is 37.3 Å². The van der Waals surface area contributed by atoms with Crippen LogP contribution in [0.15, 0.2) is 0 Å². The van der Waals surface area contributed by atoms with E-state index in [1.54, 1.807) is 0 Å². The number of aliphatic hydroxyl groups excluding tert-OH is 1. The topological polar surface area (TPSA) is 237 Å². The van der Waals surface area contributed by atoms with E-state index in [9.17, 15) is 43.2 Å². The molecular weight excluding hydrogens is 1280 g/mol. The van der Waals surface area contributed by atoms with Crippen molar-refractivity contribution in [3.8, 4) is 0 Å². The van der Waals surface area contributed by atoms with Gasteiger partial charge in [0, 0.05) is 25.7 Å². The van der Waals surface area contributed by atoms with Crippen LogP contribution in [-0.4, -0.2) is 96.7 Å². The number of carbonyl (C=O) groups excluding carboxylic acids is 4. The molecule has 19 heteroatoms. The molecule has 0 aromatic heterocycles. The molecule has 3 N–H and O–H groups in total. The maximum atomic E-state index is 13.1. The molecule has 0 aromatic carbocycles. The first-order valence-electron chi connectivity index (χ1n) is 41.0. The lowest BCUT2D eigenvalue weighted by molar-refractivity contribution is -0.161. The number of phosphoric acid groups is 2. The monoisotopic (exact) mass is 1440 g/mol. The Bertz CT molecular complexity index is 1890. The minimum atomic E-state index is -4.96. The molecule has 0 aliphatic carbocycles. The zero-order valence-electron chi connectivity index (χ0n) is 64.1. The van der Waals surface area contributed by atoms with E-state index in [2.05, 4.69) is 41.5 Å². The number of hydrogen-bond donors (Lipinski definition) is 3. The highest BCUT2D eigenvalue weighted by molar-refractivity contribution is 7.47. The zero-order valence-corrected chi connectivity index (χ0v) is 65.9. The van der Waals surface area contributed by atoms with Gasteiger partial charge in [-0.15, -0.1) is 0 Å². The molecule has 0 aromatic rings. The summed E-state index contributed by atoms with van der Waals surface area (Å²) in [5, 5.41) is 10.6. The van der Waals surface area contributed by atoms with E-state index in [-0.39, 0.29) is 25.7 Å². The van der Waals surface area contributed by atoms with Gasteiger partial charge < -0.3 is 33.8 Å². The third-order valence-electron chi connectivity index (χ3n) is 18.5. The second kappa shape index (κ2) is 70.7. The summed E-state index contributed by atoms with van der Waals surface area (Å²) in [7, 11) is -9.91. The standard InChI is InChI=1S/C79H154O17P2/c1-7-9-11-13-15-16-17-18-19-20-21-22-23-28-34-39-45-51-57-63-79(84)96-75(68-90-77(82)62-56-50-44-38-33-29-24-26-31-36-42-47-53-59-71(3)4)70-94-98(87,88)92-66-73(80)65-91-97(85,86)93-69-74(67-89-76(81)61-55-49-41-14-12-10-8-2)95-78(83)64-58-52-46-40-35-30-25-27-32-37-43-48-54-60-72(5)6/h71-75,80H,7-70H2,1-6H3,(H,85,86)(H,87,88)/t73-,74+,75+/m0/s1. The van der Waals surface area contributed by atoms with Crippen molar-refractivity contribution in [2.24, 2.45) is 11.8 Å². The fourth-order valence-corrected chi connectivity index (χ4v) is 13.8. The van der Waals surface area contributed by atoms with E-state index in [1.165, 1.54) is 218 Å². The second-order valence-electron chi connectivity index (χ2n) is 29.4. The van der Waals surface area contributed by atoms with Crippen LogP contribution in [0.1, 0.15) is 414 Å². The van der Waals surface area contributed by atoms with Gasteiger partial charge in [0.25, 0.3) is 0 Å². The Morgan fingerprint density at radius 2 is 0.469 bits per heavy atom. The summed E-state index contributed by atoms with van der Waals surface area (Å²) < 4.78 is 68.5. The van der Waals surface area contributed by atoms with Gasteiger partial charge in [-0.2, -0.15) is 0 Å². The van der Waals surface area contributed by atoms with E-state index in [0.29, 0.717) is 25.7 Å². The molecule has 0 saturated heterocycles. The average Bonchev–Trinajstić information content (AvgIpc) is 0.986. The van der Waals surface area contributed by atoms with Gasteiger partial charge in [0.2, 0.25) is 0 Å². The van der Waals surface area contributed by atoms with Gasteiger partial charge in [-0.05, 0) is 37.5 Å². The van der Waals surface area contributed by atoms with Crippen LogP contribution < -0.4 is 0 Å². The number of unbranched alkanes of at least 4 members (excludes halogenated alkanes) is 48. The van der Waals surface area contributed by atoms with Crippen molar-refractivity contribution in [2.45, 2.75) is 432 Å². The van der Waals surface area contributed by atoms with Crippen LogP contribution in [0, 0.1) is 11.8 Å².